The molecule has 1 aliphatic rings. The van der Waals surface area contributed by atoms with Crippen LogP contribution in [0.25, 0.3) is 5.76 Å². The largest absolute Gasteiger partial charge is 0.507 e. The summed E-state index contributed by atoms with van der Waals surface area (Å²) in [4.78, 5) is 26.8. The van der Waals surface area contributed by atoms with Gasteiger partial charge in [-0.15, -0.1) is 0 Å². The number of primary sulfonamides is 1. The van der Waals surface area contributed by atoms with Crippen LogP contribution < -0.4 is 10.0 Å². The Kier molecular flexibility index (Phi) is 5.37. The van der Waals surface area contributed by atoms with Crippen molar-refractivity contribution in [1.29, 1.82) is 0 Å². The Bertz CT molecular complexity index is 1350. The lowest BCUT2D eigenvalue weighted by molar-refractivity contribution is -0.132. The summed E-state index contributed by atoms with van der Waals surface area (Å²) >= 11 is 0. The SMILES string of the molecule is NS(=O)(=O)c1ccc(N2C(=O)C(=O)/C(=C(\O)c3ccccc3)C2c2ccccc2F)cc1. The average Bonchev–Trinajstić information content (AvgIpc) is 3.04. The summed E-state index contributed by atoms with van der Waals surface area (Å²) in [5, 5.41) is 16.0. The van der Waals surface area contributed by atoms with Crippen molar-refractivity contribution < 1.29 is 27.5 Å². The predicted molar refractivity (Wildman–Crippen MR) is 115 cm³/mol. The number of rotatable bonds is 4. The predicted octanol–water partition coefficient (Wildman–Crippen LogP) is 3.10. The normalized spacial score (nSPS) is 18.2. The van der Waals surface area contributed by atoms with Crippen molar-refractivity contribution in [3.05, 3.63) is 101 Å². The van der Waals surface area contributed by atoms with Gasteiger partial charge < -0.3 is 5.11 Å². The van der Waals surface area contributed by atoms with Gasteiger partial charge in [0.15, 0.2) is 0 Å². The highest BCUT2D eigenvalue weighted by Gasteiger charge is 2.47. The molecule has 1 amide bonds. The molecule has 0 spiro atoms. The van der Waals surface area contributed by atoms with E-state index in [1.807, 2.05) is 0 Å². The van der Waals surface area contributed by atoms with Gasteiger partial charge in [0.05, 0.1) is 16.5 Å². The van der Waals surface area contributed by atoms with E-state index in [1.165, 1.54) is 42.5 Å². The number of aliphatic hydroxyl groups is 1. The zero-order chi connectivity index (χ0) is 23.0. The van der Waals surface area contributed by atoms with E-state index in [0.29, 0.717) is 0 Å². The maximum atomic E-state index is 14.8. The minimum Gasteiger partial charge on any atom is -0.507 e. The summed E-state index contributed by atoms with van der Waals surface area (Å²) in [7, 11) is -3.98. The minimum absolute atomic E-state index is 0.000274. The summed E-state index contributed by atoms with van der Waals surface area (Å²) in [6.45, 7) is 0. The highest BCUT2D eigenvalue weighted by molar-refractivity contribution is 7.89. The number of Topliss-reactive ketones (excluding diaryl/α,β-unsaturated/α-hetero) is 1. The monoisotopic (exact) mass is 452 g/mol. The molecule has 0 bridgehead atoms. The van der Waals surface area contributed by atoms with E-state index in [1.54, 1.807) is 36.4 Å². The van der Waals surface area contributed by atoms with Gasteiger partial charge in [-0.3, -0.25) is 14.5 Å². The third-order valence-electron chi connectivity index (χ3n) is 5.13. The van der Waals surface area contributed by atoms with Crippen LogP contribution in [0, 0.1) is 5.82 Å². The molecule has 4 rings (SSSR count). The number of benzene rings is 3. The topological polar surface area (TPSA) is 118 Å². The second-order valence-corrected chi connectivity index (χ2v) is 8.66. The molecule has 1 unspecified atom stereocenters. The number of carbonyl (C=O) groups excluding carboxylic acids is 2. The fourth-order valence-corrected chi connectivity index (χ4v) is 4.15. The highest BCUT2D eigenvalue weighted by atomic mass is 32.2. The molecule has 0 radical (unpaired) electrons. The second-order valence-electron chi connectivity index (χ2n) is 7.10. The average molecular weight is 452 g/mol. The van der Waals surface area contributed by atoms with Crippen LogP contribution in [-0.4, -0.2) is 25.2 Å². The lowest BCUT2D eigenvalue weighted by Gasteiger charge is -2.25. The van der Waals surface area contributed by atoms with Crippen molar-refractivity contribution in [2.75, 3.05) is 4.90 Å². The van der Waals surface area contributed by atoms with Gasteiger partial charge in [-0.1, -0.05) is 48.5 Å². The zero-order valence-corrected chi connectivity index (χ0v) is 17.3. The maximum absolute atomic E-state index is 14.8. The molecule has 0 aromatic heterocycles. The molecule has 1 heterocycles. The fourth-order valence-electron chi connectivity index (χ4n) is 3.64. The Morgan fingerprint density at radius 3 is 2.09 bits per heavy atom. The first-order valence-electron chi connectivity index (χ1n) is 9.44. The third kappa shape index (κ3) is 3.68. The molecule has 7 nitrogen and oxygen atoms in total. The third-order valence-corrected chi connectivity index (χ3v) is 6.06. The number of ketones is 1. The summed E-state index contributed by atoms with van der Waals surface area (Å²) in [6.07, 6.45) is 0. The van der Waals surface area contributed by atoms with E-state index in [-0.39, 0.29) is 27.3 Å². The molecule has 1 fully saturated rings. The van der Waals surface area contributed by atoms with Crippen LogP contribution in [0.4, 0.5) is 10.1 Å². The number of hydrogen-bond donors (Lipinski definition) is 2. The Hall–Kier alpha value is -3.82. The van der Waals surface area contributed by atoms with Gasteiger partial charge in [0.1, 0.15) is 11.6 Å². The number of nitrogens with zero attached hydrogens (tertiary/aromatic N) is 1. The summed E-state index contributed by atoms with van der Waals surface area (Å²) in [5.74, 6) is -3.10. The van der Waals surface area contributed by atoms with Gasteiger partial charge in [0, 0.05) is 16.8 Å². The van der Waals surface area contributed by atoms with Crippen LogP contribution in [0.3, 0.4) is 0 Å². The molecule has 3 aromatic rings. The van der Waals surface area contributed by atoms with Crippen LogP contribution in [0.1, 0.15) is 17.2 Å². The van der Waals surface area contributed by atoms with Crippen molar-refractivity contribution >= 4 is 33.2 Å². The van der Waals surface area contributed by atoms with E-state index in [9.17, 15) is 27.5 Å². The zero-order valence-electron chi connectivity index (χ0n) is 16.5. The quantitative estimate of drug-likeness (QED) is 0.358. The molecule has 3 N–H and O–H groups in total. The molecule has 32 heavy (non-hydrogen) atoms. The molecule has 1 atom stereocenters. The Morgan fingerprint density at radius 1 is 0.906 bits per heavy atom. The fraction of sp³-hybridized carbons (Fsp3) is 0.0435. The summed E-state index contributed by atoms with van der Waals surface area (Å²) in [6, 6.07) is 17.4. The molecule has 1 aliphatic heterocycles. The van der Waals surface area contributed by atoms with E-state index in [2.05, 4.69) is 0 Å². The number of nitrogens with two attached hydrogens (primary N) is 1. The molecule has 9 heteroatoms. The van der Waals surface area contributed by atoms with Crippen LogP contribution in [0.15, 0.2) is 89.3 Å². The van der Waals surface area contributed by atoms with Crippen LogP contribution >= 0.6 is 0 Å². The van der Waals surface area contributed by atoms with Gasteiger partial charge in [0.2, 0.25) is 10.0 Å². The van der Waals surface area contributed by atoms with Crippen molar-refractivity contribution in [3.8, 4) is 0 Å². The van der Waals surface area contributed by atoms with Crippen LogP contribution in [0.5, 0.6) is 0 Å². The Balaban J connectivity index is 1.94. The standard InChI is InChI=1S/C23H17FN2O5S/c24-18-9-5-4-8-17(18)20-19(21(27)14-6-2-1-3-7-14)22(28)23(29)26(20)15-10-12-16(13-11-15)32(25,30)31/h1-13,20,27H,(H2,25,30,31)/b21-19-. The summed E-state index contributed by atoms with van der Waals surface area (Å²) in [5.41, 5.74) is 0.151. The van der Waals surface area contributed by atoms with Gasteiger partial charge >= 0.3 is 0 Å². The molecule has 0 saturated carbocycles. The number of sulfonamides is 1. The number of anilines is 1. The maximum Gasteiger partial charge on any atom is 0.300 e. The first-order valence-corrected chi connectivity index (χ1v) is 11.0. The van der Waals surface area contributed by atoms with Crippen LogP contribution in [-0.2, 0) is 19.6 Å². The van der Waals surface area contributed by atoms with E-state index in [4.69, 9.17) is 5.14 Å². The summed E-state index contributed by atoms with van der Waals surface area (Å²) < 4.78 is 37.9. The van der Waals surface area contributed by atoms with Gasteiger partial charge in [-0.05, 0) is 30.3 Å². The minimum atomic E-state index is -3.98. The first-order chi connectivity index (χ1) is 15.2. The van der Waals surface area contributed by atoms with E-state index >= 15 is 0 Å². The smallest absolute Gasteiger partial charge is 0.300 e. The number of hydrogen-bond acceptors (Lipinski definition) is 5. The van der Waals surface area contributed by atoms with Crippen LogP contribution in [0.2, 0.25) is 0 Å². The van der Waals surface area contributed by atoms with E-state index < -0.39 is 39.3 Å². The molecular weight excluding hydrogens is 435 g/mol. The van der Waals surface area contributed by atoms with Gasteiger partial charge in [-0.2, -0.15) is 0 Å². The first kappa shape index (κ1) is 21.4. The van der Waals surface area contributed by atoms with Gasteiger partial charge in [0.25, 0.3) is 11.7 Å². The Labute approximate surface area is 183 Å². The molecular formula is C23H17FN2O5S. The van der Waals surface area contributed by atoms with Crippen molar-refractivity contribution in [3.63, 3.8) is 0 Å². The number of carbonyl (C=O) groups is 2. The Morgan fingerprint density at radius 2 is 1.50 bits per heavy atom. The second kappa shape index (κ2) is 8.03. The highest BCUT2D eigenvalue weighted by Crippen LogP contribution is 2.42. The van der Waals surface area contributed by atoms with Gasteiger partial charge in [-0.25, -0.2) is 17.9 Å². The molecule has 162 valence electrons. The van der Waals surface area contributed by atoms with Crippen molar-refractivity contribution in [2.45, 2.75) is 10.9 Å². The number of aliphatic hydroxyl groups excluding tert-OH is 1. The number of halogens is 1. The lowest BCUT2D eigenvalue weighted by atomic mass is 9.95. The van der Waals surface area contributed by atoms with Crippen molar-refractivity contribution in [2.24, 2.45) is 5.14 Å². The van der Waals surface area contributed by atoms with E-state index in [0.717, 1.165) is 4.90 Å². The molecule has 3 aromatic carbocycles. The molecule has 1 saturated heterocycles. The van der Waals surface area contributed by atoms with Crippen molar-refractivity contribution in [1.82, 2.24) is 0 Å². The molecule has 0 aliphatic carbocycles. The lowest BCUT2D eigenvalue weighted by Crippen LogP contribution is -2.30. The number of amides is 1.